The lowest BCUT2D eigenvalue weighted by Crippen LogP contribution is -2.30. The van der Waals surface area contributed by atoms with Crippen LogP contribution in [0.4, 0.5) is 0 Å². The molecule has 0 unspecified atom stereocenters. The Morgan fingerprint density at radius 2 is 1.19 bits per heavy atom. The van der Waals surface area contributed by atoms with E-state index >= 15 is 0 Å². The van der Waals surface area contributed by atoms with Crippen molar-refractivity contribution in [2.45, 2.75) is 39.5 Å². The minimum absolute atomic E-state index is 0.257. The number of hydrogen-bond donors (Lipinski definition) is 0. The van der Waals surface area contributed by atoms with E-state index in [1.807, 2.05) is 19.1 Å². The molecule has 2 aromatic carbocycles. The van der Waals surface area contributed by atoms with Crippen LogP contribution in [-0.4, -0.2) is 43.5 Å². The Balaban J connectivity index is 0.000000182. The quantitative estimate of drug-likeness (QED) is 0.384. The molecule has 0 aliphatic carbocycles. The standard InChI is InChI=1S/C12H15N3O2.C10H11N3O2/c1-2-3-6-9-17-15-12(16)10-7-4-5-8-11(10)13-14-15;1-2-7-15-13-10(14)8-5-3-4-6-9(8)11-12-13/h4-5,7-8H,2-3,6,9H2,1H3;3-6H,2,7H2,1H3. The SMILES string of the molecule is CCCCCOn1nnc2ccccc2c1=O.CCCOn1nnc2ccccc2c1=O. The van der Waals surface area contributed by atoms with Gasteiger partial charge in [0.2, 0.25) is 0 Å². The molecule has 4 aromatic rings. The van der Waals surface area contributed by atoms with Gasteiger partial charge in [-0.1, -0.05) is 51.0 Å². The second kappa shape index (κ2) is 11.5. The Bertz CT molecular complexity index is 1270. The van der Waals surface area contributed by atoms with E-state index in [0.717, 1.165) is 35.4 Å². The van der Waals surface area contributed by atoms with Gasteiger partial charge in [-0.05, 0) is 57.2 Å². The van der Waals surface area contributed by atoms with Gasteiger partial charge in [0.25, 0.3) is 0 Å². The molecule has 0 saturated carbocycles. The molecule has 0 fully saturated rings. The van der Waals surface area contributed by atoms with E-state index in [9.17, 15) is 9.59 Å². The van der Waals surface area contributed by atoms with Gasteiger partial charge in [-0.3, -0.25) is 9.59 Å². The van der Waals surface area contributed by atoms with Crippen molar-refractivity contribution < 1.29 is 9.68 Å². The highest BCUT2D eigenvalue weighted by molar-refractivity contribution is 5.76. The van der Waals surface area contributed by atoms with Gasteiger partial charge in [-0.2, -0.15) is 0 Å². The first kappa shape index (κ1) is 22.9. The Morgan fingerprint density at radius 3 is 1.69 bits per heavy atom. The summed E-state index contributed by atoms with van der Waals surface area (Å²) in [5.41, 5.74) is 0.644. The maximum Gasteiger partial charge on any atom is 0.314 e. The summed E-state index contributed by atoms with van der Waals surface area (Å²) in [4.78, 5) is 36.0. The Labute approximate surface area is 184 Å². The van der Waals surface area contributed by atoms with Crippen molar-refractivity contribution in [3.05, 3.63) is 69.2 Å². The van der Waals surface area contributed by atoms with Crippen molar-refractivity contribution in [2.24, 2.45) is 0 Å². The Kier molecular flexibility index (Phi) is 8.24. The van der Waals surface area contributed by atoms with Gasteiger partial charge in [-0.15, -0.1) is 10.2 Å². The second-order valence-electron chi connectivity index (χ2n) is 6.94. The van der Waals surface area contributed by atoms with Gasteiger partial charge in [0.15, 0.2) is 0 Å². The first-order valence-corrected chi connectivity index (χ1v) is 10.6. The van der Waals surface area contributed by atoms with Gasteiger partial charge >= 0.3 is 11.1 Å². The van der Waals surface area contributed by atoms with Crippen LogP contribution in [0.2, 0.25) is 0 Å². The second-order valence-corrected chi connectivity index (χ2v) is 6.94. The number of rotatable bonds is 8. The van der Waals surface area contributed by atoms with Crippen LogP contribution < -0.4 is 20.8 Å². The zero-order chi connectivity index (χ0) is 22.8. The monoisotopic (exact) mass is 438 g/mol. The highest BCUT2D eigenvalue weighted by Gasteiger charge is 2.05. The lowest BCUT2D eigenvalue weighted by Gasteiger charge is -2.05. The lowest BCUT2D eigenvalue weighted by molar-refractivity contribution is 0.0644. The van der Waals surface area contributed by atoms with Crippen molar-refractivity contribution in [1.29, 1.82) is 0 Å². The maximum absolute atomic E-state index is 11.9. The minimum atomic E-state index is -0.269. The number of aromatic nitrogens is 6. The zero-order valence-corrected chi connectivity index (χ0v) is 18.2. The average Bonchev–Trinajstić information content (AvgIpc) is 2.83. The van der Waals surface area contributed by atoms with Crippen molar-refractivity contribution in [3.63, 3.8) is 0 Å². The molecule has 0 amide bonds. The molecule has 2 aromatic heterocycles. The predicted octanol–water partition coefficient (Wildman–Crippen LogP) is 2.04. The molecule has 4 rings (SSSR count). The molecule has 0 spiro atoms. The fourth-order valence-electron chi connectivity index (χ4n) is 2.80. The van der Waals surface area contributed by atoms with Gasteiger partial charge in [0.05, 0.1) is 10.8 Å². The fraction of sp³-hybridized carbons (Fsp3) is 0.364. The molecule has 0 aliphatic heterocycles. The summed E-state index contributed by atoms with van der Waals surface area (Å²) in [5, 5.41) is 16.3. The van der Waals surface area contributed by atoms with Gasteiger partial charge in [-0.25, -0.2) is 0 Å². The van der Waals surface area contributed by atoms with E-state index < -0.39 is 0 Å². The van der Waals surface area contributed by atoms with Crippen LogP contribution >= 0.6 is 0 Å². The number of unbranched alkanes of at least 4 members (excludes halogenated alkanes) is 2. The summed E-state index contributed by atoms with van der Waals surface area (Å²) in [7, 11) is 0. The fourth-order valence-corrected chi connectivity index (χ4v) is 2.80. The van der Waals surface area contributed by atoms with Crippen LogP contribution in [-0.2, 0) is 0 Å². The summed E-state index contributed by atoms with van der Waals surface area (Å²) in [5.74, 6) is 0. The molecular formula is C22H26N6O4. The molecule has 0 N–H and O–H groups in total. The normalized spacial score (nSPS) is 10.6. The molecule has 0 bridgehead atoms. The predicted molar refractivity (Wildman–Crippen MR) is 120 cm³/mol. The number of nitrogens with zero attached hydrogens (tertiary/aromatic N) is 6. The van der Waals surface area contributed by atoms with Crippen LogP contribution in [0.5, 0.6) is 0 Å². The van der Waals surface area contributed by atoms with Crippen molar-refractivity contribution in [1.82, 2.24) is 30.3 Å². The molecule has 10 nitrogen and oxygen atoms in total. The number of fused-ring (bicyclic) bond motifs is 2. The van der Waals surface area contributed by atoms with Crippen LogP contribution in [0.3, 0.4) is 0 Å². The van der Waals surface area contributed by atoms with Crippen LogP contribution in [0.25, 0.3) is 21.8 Å². The third-order valence-electron chi connectivity index (χ3n) is 4.46. The van der Waals surface area contributed by atoms with E-state index in [-0.39, 0.29) is 11.1 Å². The topological polar surface area (TPSA) is 114 Å². The summed E-state index contributed by atoms with van der Waals surface area (Å²) in [6.45, 7) is 5.01. The molecule has 10 heteroatoms. The average molecular weight is 438 g/mol. The number of hydrogen-bond acceptors (Lipinski definition) is 8. The van der Waals surface area contributed by atoms with Crippen LogP contribution in [0.15, 0.2) is 58.1 Å². The Hall–Kier alpha value is -3.82. The summed E-state index contributed by atoms with van der Waals surface area (Å²) in [6, 6.07) is 14.1. The third kappa shape index (κ3) is 5.65. The summed E-state index contributed by atoms with van der Waals surface area (Å²) >= 11 is 0. The number of benzene rings is 2. The van der Waals surface area contributed by atoms with E-state index in [1.165, 1.54) is 0 Å². The maximum atomic E-state index is 11.9. The molecule has 168 valence electrons. The van der Waals surface area contributed by atoms with Gasteiger partial charge < -0.3 is 9.68 Å². The van der Waals surface area contributed by atoms with Gasteiger partial charge in [0.1, 0.15) is 24.2 Å². The Morgan fingerprint density at radius 1 is 0.688 bits per heavy atom. The van der Waals surface area contributed by atoms with Crippen molar-refractivity contribution in [3.8, 4) is 0 Å². The van der Waals surface area contributed by atoms with Crippen LogP contribution in [0, 0.1) is 0 Å². The van der Waals surface area contributed by atoms with E-state index in [4.69, 9.17) is 9.68 Å². The molecule has 0 aliphatic rings. The van der Waals surface area contributed by atoms with E-state index in [1.54, 1.807) is 36.4 Å². The lowest BCUT2D eigenvalue weighted by atomic mass is 10.2. The van der Waals surface area contributed by atoms with E-state index in [0.29, 0.717) is 35.0 Å². The van der Waals surface area contributed by atoms with Gasteiger partial charge in [0, 0.05) is 0 Å². The first-order valence-electron chi connectivity index (χ1n) is 10.6. The highest BCUT2D eigenvalue weighted by Crippen LogP contribution is 2.03. The molecule has 32 heavy (non-hydrogen) atoms. The molecular weight excluding hydrogens is 412 g/mol. The smallest absolute Gasteiger partial charge is 0.314 e. The van der Waals surface area contributed by atoms with E-state index in [2.05, 4.69) is 27.5 Å². The summed E-state index contributed by atoms with van der Waals surface area (Å²) < 4.78 is 0. The summed E-state index contributed by atoms with van der Waals surface area (Å²) in [6.07, 6.45) is 3.93. The van der Waals surface area contributed by atoms with Crippen molar-refractivity contribution >= 4 is 21.8 Å². The molecule has 0 atom stereocenters. The minimum Gasteiger partial charge on any atom is -0.392 e. The zero-order valence-electron chi connectivity index (χ0n) is 18.2. The van der Waals surface area contributed by atoms with Crippen molar-refractivity contribution in [2.75, 3.05) is 13.2 Å². The highest BCUT2D eigenvalue weighted by atomic mass is 16.7. The third-order valence-corrected chi connectivity index (χ3v) is 4.46. The molecule has 2 heterocycles. The van der Waals surface area contributed by atoms with Crippen LogP contribution in [0.1, 0.15) is 39.5 Å². The first-order chi connectivity index (χ1) is 15.7. The largest absolute Gasteiger partial charge is 0.392 e. The molecule has 0 radical (unpaired) electrons. The molecule has 0 saturated heterocycles.